The highest BCUT2D eigenvalue weighted by atomic mass is 19.4. The van der Waals surface area contributed by atoms with Crippen molar-refractivity contribution >= 4 is 43.6 Å². The Morgan fingerprint density at radius 3 is 0.952 bits per heavy atom. The first-order valence-corrected chi connectivity index (χ1v) is 26.5. The van der Waals surface area contributed by atoms with Gasteiger partial charge in [-0.15, -0.1) is 0 Å². The third kappa shape index (κ3) is 8.87. The fourth-order valence-electron chi connectivity index (χ4n) is 11.4. The monoisotopic (exact) mass is 1080 g/mol. The van der Waals surface area contributed by atoms with Crippen molar-refractivity contribution in [1.29, 1.82) is 31.6 Å². The van der Waals surface area contributed by atoms with Crippen molar-refractivity contribution in [2.45, 2.75) is 6.18 Å². The van der Waals surface area contributed by atoms with Gasteiger partial charge in [0.1, 0.15) is 0 Å². The standard InChI is InChI=1S/C73H37F3N8/c74-73(75,76)59-23-25-60(58(32-59)43-82)57-18-24-61(72(37-57)84-70-29-21-55(51-14-5-46(40-79)6-15-51)35-65(70)66-36-56(22-30-71(66)84)52-16-7-47(41-80)8-17-52)62-31-48(42-81)9-26-67(62)83-68-27-19-53(49-10-1-44(38-77)2-11-49)33-63(68)64-34-54(20-28-69(64)83)50-12-3-45(39-78)4-13-50/h1-37H. The first kappa shape index (κ1) is 51.2. The predicted molar refractivity (Wildman–Crippen MR) is 321 cm³/mol. The molecule has 0 spiro atoms. The molecule has 0 N–H and O–H groups in total. The van der Waals surface area contributed by atoms with E-state index in [1.165, 1.54) is 6.07 Å². The first-order chi connectivity index (χ1) is 40.9. The summed E-state index contributed by atoms with van der Waals surface area (Å²) in [5.74, 6) is 0. The molecular weight excluding hydrogens is 1050 g/mol. The van der Waals surface area contributed by atoms with Gasteiger partial charge in [-0.2, -0.15) is 44.7 Å². The summed E-state index contributed by atoms with van der Waals surface area (Å²) >= 11 is 0. The zero-order valence-electron chi connectivity index (χ0n) is 44.1. The van der Waals surface area contributed by atoms with Crippen LogP contribution < -0.4 is 0 Å². The smallest absolute Gasteiger partial charge is 0.309 e. The molecule has 0 aliphatic rings. The second-order valence-corrected chi connectivity index (χ2v) is 20.3. The molecule has 2 aromatic heterocycles. The molecule has 0 aliphatic carbocycles. The van der Waals surface area contributed by atoms with Crippen molar-refractivity contribution < 1.29 is 13.2 Å². The minimum absolute atomic E-state index is 0.164. The predicted octanol–water partition coefficient (Wildman–Crippen LogP) is 18.1. The second-order valence-electron chi connectivity index (χ2n) is 20.3. The van der Waals surface area contributed by atoms with E-state index in [9.17, 15) is 44.7 Å². The normalized spacial score (nSPS) is 11.2. The summed E-state index contributed by atoms with van der Waals surface area (Å²) in [4.78, 5) is 0. The summed E-state index contributed by atoms with van der Waals surface area (Å²) in [6, 6.07) is 81.8. The third-order valence-electron chi connectivity index (χ3n) is 15.6. The van der Waals surface area contributed by atoms with Crippen molar-refractivity contribution in [3.8, 4) is 115 Å². The summed E-state index contributed by atoms with van der Waals surface area (Å²) in [5.41, 5.74) is 15.1. The lowest BCUT2D eigenvalue weighted by Crippen LogP contribution is -2.05. The maximum absolute atomic E-state index is 14.2. The molecule has 11 heteroatoms. The van der Waals surface area contributed by atoms with Crippen LogP contribution in [-0.2, 0) is 6.18 Å². The van der Waals surface area contributed by atoms with E-state index in [4.69, 9.17) is 0 Å². The molecule has 0 saturated carbocycles. The minimum atomic E-state index is -4.69. The Hall–Kier alpha value is -12.3. The number of nitrogens with zero attached hydrogens (tertiary/aromatic N) is 8. The lowest BCUT2D eigenvalue weighted by Gasteiger charge is -2.20. The van der Waals surface area contributed by atoms with E-state index in [0.29, 0.717) is 55.9 Å². The minimum Gasteiger partial charge on any atom is -0.309 e. The number of aromatic nitrogens is 2. The Morgan fingerprint density at radius 2 is 0.595 bits per heavy atom. The van der Waals surface area contributed by atoms with E-state index < -0.39 is 11.7 Å². The van der Waals surface area contributed by atoms with Crippen LogP contribution in [-0.4, -0.2) is 9.13 Å². The zero-order chi connectivity index (χ0) is 57.8. The Kier molecular flexibility index (Phi) is 12.5. The van der Waals surface area contributed by atoms with Gasteiger partial charge in [0.2, 0.25) is 0 Å². The highest BCUT2D eigenvalue weighted by Gasteiger charge is 2.32. The molecule has 8 nitrogen and oxygen atoms in total. The molecule has 13 aromatic rings. The van der Waals surface area contributed by atoms with Gasteiger partial charge in [-0.05, 0) is 189 Å². The molecule has 0 amide bonds. The van der Waals surface area contributed by atoms with Gasteiger partial charge >= 0.3 is 6.18 Å². The van der Waals surface area contributed by atoms with E-state index in [1.54, 1.807) is 60.7 Å². The van der Waals surface area contributed by atoms with Gasteiger partial charge in [-0.25, -0.2) is 0 Å². The first-order valence-electron chi connectivity index (χ1n) is 26.5. The molecule has 84 heavy (non-hydrogen) atoms. The molecule has 11 aromatic carbocycles. The Labute approximate surface area is 479 Å². The van der Waals surface area contributed by atoms with Gasteiger partial charge in [-0.3, -0.25) is 0 Å². The number of hydrogen-bond donors (Lipinski definition) is 0. The van der Waals surface area contributed by atoms with Crippen molar-refractivity contribution in [3.05, 3.63) is 263 Å². The molecule has 0 radical (unpaired) electrons. The van der Waals surface area contributed by atoms with Crippen LogP contribution >= 0.6 is 0 Å². The number of benzene rings is 11. The van der Waals surface area contributed by atoms with Crippen LogP contribution in [0.25, 0.3) is 122 Å². The Morgan fingerprint density at radius 1 is 0.262 bits per heavy atom. The maximum Gasteiger partial charge on any atom is 0.416 e. The topological polar surface area (TPSA) is 153 Å². The van der Waals surface area contributed by atoms with E-state index in [0.717, 1.165) is 100 Å². The van der Waals surface area contributed by atoms with E-state index in [1.807, 2.05) is 115 Å². The molecule has 0 fully saturated rings. The van der Waals surface area contributed by atoms with Crippen molar-refractivity contribution in [2.24, 2.45) is 0 Å². The SMILES string of the molecule is N#Cc1ccc(-c2ccc3c(c2)c2cc(-c4ccc(C#N)cc4)ccc2n3-c2ccc(C#N)cc2-c2ccc(-c3ccc(C(F)(F)F)cc3C#N)cc2-n2c3ccc(-c4ccc(C#N)cc4)cc3c3cc(-c4ccc(C#N)cc4)ccc32)cc1. The quantitative estimate of drug-likeness (QED) is 0.148. The maximum atomic E-state index is 14.2. The fourth-order valence-corrected chi connectivity index (χ4v) is 11.4. The van der Waals surface area contributed by atoms with Crippen molar-refractivity contribution in [3.63, 3.8) is 0 Å². The summed E-state index contributed by atoms with van der Waals surface area (Å²) in [5, 5.41) is 63.3. The van der Waals surface area contributed by atoms with Crippen molar-refractivity contribution in [2.75, 3.05) is 0 Å². The summed E-state index contributed by atoms with van der Waals surface area (Å²) in [6.07, 6.45) is -4.69. The molecule has 0 aliphatic heterocycles. The molecule has 0 unspecified atom stereocenters. The number of rotatable bonds is 8. The van der Waals surface area contributed by atoms with Crippen LogP contribution in [0.1, 0.15) is 38.9 Å². The summed E-state index contributed by atoms with van der Waals surface area (Å²) < 4.78 is 47.0. The van der Waals surface area contributed by atoms with E-state index in [2.05, 4.69) is 75.9 Å². The number of fused-ring (bicyclic) bond motifs is 6. The molecule has 0 saturated heterocycles. The third-order valence-corrected chi connectivity index (χ3v) is 15.6. The Balaban J connectivity index is 1.11. The summed E-state index contributed by atoms with van der Waals surface area (Å²) in [6.45, 7) is 0. The van der Waals surface area contributed by atoms with Gasteiger partial charge in [0.15, 0.2) is 0 Å². The van der Waals surface area contributed by atoms with E-state index >= 15 is 0 Å². The summed E-state index contributed by atoms with van der Waals surface area (Å²) in [7, 11) is 0. The molecule has 2 heterocycles. The zero-order valence-corrected chi connectivity index (χ0v) is 44.1. The van der Waals surface area contributed by atoms with Crippen LogP contribution in [0.15, 0.2) is 224 Å². The largest absolute Gasteiger partial charge is 0.416 e. The Bertz CT molecular complexity index is 4930. The van der Waals surface area contributed by atoms with Crippen LogP contribution in [0.2, 0.25) is 0 Å². The average Bonchev–Trinajstić information content (AvgIpc) is 1.95. The second kappa shape index (κ2) is 20.4. The van der Waals surface area contributed by atoms with Crippen LogP contribution in [0, 0.1) is 68.0 Å². The average molecular weight is 1080 g/mol. The van der Waals surface area contributed by atoms with Crippen LogP contribution in [0.4, 0.5) is 13.2 Å². The van der Waals surface area contributed by atoms with Crippen LogP contribution in [0.3, 0.4) is 0 Å². The van der Waals surface area contributed by atoms with Gasteiger partial charge in [-0.1, -0.05) is 91.0 Å². The van der Waals surface area contributed by atoms with Gasteiger partial charge in [0, 0.05) is 32.7 Å². The molecule has 390 valence electrons. The molecule has 0 bridgehead atoms. The van der Waals surface area contributed by atoms with Crippen molar-refractivity contribution in [1.82, 2.24) is 9.13 Å². The van der Waals surface area contributed by atoms with E-state index in [-0.39, 0.29) is 11.1 Å². The van der Waals surface area contributed by atoms with Gasteiger partial charge < -0.3 is 9.13 Å². The molecular formula is C73H37F3N8. The number of hydrogen-bond acceptors (Lipinski definition) is 6. The van der Waals surface area contributed by atoms with Gasteiger partial charge in [0.25, 0.3) is 0 Å². The highest BCUT2D eigenvalue weighted by Crippen LogP contribution is 2.46. The number of halogens is 3. The molecule has 0 atom stereocenters. The highest BCUT2D eigenvalue weighted by molar-refractivity contribution is 6.14. The van der Waals surface area contributed by atoms with Gasteiger partial charge in [0.05, 0.1) is 109 Å². The number of nitriles is 6. The lowest BCUT2D eigenvalue weighted by molar-refractivity contribution is -0.137. The fraction of sp³-hybridized carbons (Fsp3) is 0.0137. The van der Waals surface area contributed by atoms with Crippen LogP contribution in [0.5, 0.6) is 0 Å². The number of alkyl halides is 3. The lowest BCUT2D eigenvalue weighted by atomic mass is 9.93. The molecule has 13 rings (SSSR count).